The number of carbonyl (C=O) groups is 1. The van der Waals surface area contributed by atoms with Crippen molar-refractivity contribution in [2.45, 2.75) is 19.4 Å². The summed E-state index contributed by atoms with van der Waals surface area (Å²) in [7, 11) is 1.64. The number of nitrogens with zero attached hydrogens (tertiary/aromatic N) is 6. The number of carbonyl (C=O) groups excluding carboxylic acids is 1. The maximum absolute atomic E-state index is 13.2. The Morgan fingerprint density at radius 2 is 2.12 bits per heavy atom. The highest BCUT2D eigenvalue weighted by atomic mass is 16.6. The number of nitrogens with two attached hydrogens (primary N) is 1. The van der Waals surface area contributed by atoms with Crippen molar-refractivity contribution in [3.05, 3.63) is 46.8 Å². The van der Waals surface area contributed by atoms with Crippen molar-refractivity contribution in [3.63, 3.8) is 0 Å². The van der Waals surface area contributed by atoms with Gasteiger partial charge < -0.3 is 15.2 Å². The SMILES string of the molecule is COc1ccc2c(c1)CCC=C2NNC(=O)c1nnn(-c2nonc2N)c1CN1CCOCC1. The maximum Gasteiger partial charge on any atom is 0.292 e. The van der Waals surface area contributed by atoms with Crippen LogP contribution in [-0.2, 0) is 17.7 Å². The van der Waals surface area contributed by atoms with Gasteiger partial charge in [0.25, 0.3) is 5.91 Å². The van der Waals surface area contributed by atoms with Crippen LogP contribution in [0.1, 0.15) is 33.7 Å². The number of hydrogen-bond donors (Lipinski definition) is 3. The molecule has 1 amide bonds. The zero-order valence-electron chi connectivity index (χ0n) is 18.7. The molecular weight excluding hydrogens is 442 g/mol. The number of amides is 1. The summed E-state index contributed by atoms with van der Waals surface area (Å²) < 4.78 is 16.9. The molecule has 5 rings (SSSR count). The molecule has 13 nitrogen and oxygen atoms in total. The summed E-state index contributed by atoms with van der Waals surface area (Å²) in [6.45, 7) is 3.04. The third kappa shape index (κ3) is 4.30. The second-order valence-corrected chi connectivity index (χ2v) is 7.92. The number of aromatic nitrogens is 5. The van der Waals surface area contributed by atoms with Crippen LogP contribution in [0.15, 0.2) is 28.9 Å². The molecule has 3 heterocycles. The fourth-order valence-electron chi connectivity index (χ4n) is 4.05. The Bertz CT molecular complexity index is 1210. The first-order chi connectivity index (χ1) is 16.6. The molecule has 3 aromatic rings. The van der Waals surface area contributed by atoms with E-state index in [4.69, 9.17) is 19.8 Å². The van der Waals surface area contributed by atoms with Gasteiger partial charge in [-0.2, -0.15) is 4.68 Å². The Morgan fingerprint density at radius 3 is 2.88 bits per heavy atom. The molecule has 0 saturated carbocycles. The second kappa shape index (κ2) is 9.49. The van der Waals surface area contributed by atoms with Crippen molar-refractivity contribution in [2.75, 3.05) is 39.1 Å². The largest absolute Gasteiger partial charge is 0.497 e. The Balaban J connectivity index is 1.37. The summed E-state index contributed by atoms with van der Waals surface area (Å²) in [5.41, 5.74) is 15.3. The van der Waals surface area contributed by atoms with Crippen molar-refractivity contribution in [1.82, 2.24) is 41.1 Å². The van der Waals surface area contributed by atoms with Gasteiger partial charge in [0.15, 0.2) is 5.69 Å². The molecule has 1 aromatic carbocycles. The molecule has 0 unspecified atom stereocenters. The molecule has 4 N–H and O–H groups in total. The topological polar surface area (TPSA) is 158 Å². The molecule has 13 heteroatoms. The number of ether oxygens (including phenoxy) is 2. The molecule has 0 atom stereocenters. The molecule has 34 heavy (non-hydrogen) atoms. The molecule has 0 spiro atoms. The van der Waals surface area contributed by atoms with Crippen LogP contribution in [0.5, 0.6) is 5.75 Å². The summed E-state index contributed by atoms with van der Waals surface area (Å²) in [5, 5.41) is 15.6. The van der Waals surface area contributed by atoms with Crippen molar-refractivity contribution in [1.29, 1.82) is 0 Å². The van der Waals surface area contributed by atoms with E-state index in [1.54, 1.807) is 7.11 Å². The minimum absolute atomic E-state index is 0.0533. The Kier molecular flexibility index (Phi) is 6.10. The van der Waals surface area contributed by atoms with Gasteiger partial charge >= 0.3 is 0 Å². The quantitative estimate of drug-likeness (QED) is 0.410. The summed E-state index contributed by atoms with van der Waals surface area (Å²) in [6, 6.07) is 5.87. The van der Waals surface area contributed by atoms with Crippen LogP contribution < -0.4 is 21.3 Å². The first-order valence-corrected chi connectivity index (χ1v) is 10.9. The summed E-state index contributed by atoms with van der Waals surface area (Å²) >= 11 is 0. The summed E-state index contributed by atoms with van der Waals surface area (Å²) in [4.78, 5) is 15.3. The fourth-order valence-corrected chi connectivity index (χ4v) is 4.05. The first-order valence-electron chi connectivity index (χ1n) is 10.9. The van der Waals surface area contributed by atoms with Crippen LogP contribution in [0.4, 0.5) is 5.82 Å². The second-order valence-electron chi connectivity index (χ2n) is 7.92. The average Bonchev–Trinajstić information content (AvgIpc) is 3.48. The van der Waals surface area contributed by atoms with Crippen molar-refractivity contribution < 1.29 is 18.9 Å². The van der Waals surface area contributed by atoms with Gasteiger partial charge in [0.1, 0.15) is 5.75 Å². The lowest BCUT2D eigenvalue weighted by Gasteiger charge is -2.26. The van der Waals surface area contributed by atoms with Crippen LogP contribution >= 0.6 is 0 Å². The maximum atomic E-state index is 13.2. The first kappa shape index (κ1) is 21.9. The summed E-state index contributed by atoms with van der Waals surface area (Å²) in [5.74, 6) is 0.597. The molecule has 0 radical (unpaired) electrons. The monoisotopic (exact) mass is 467 g/mol. The van der Waals surface area contributed by atoms with E-state index in [1.807, 2.05) is 24.3 Å². The number of morpholine rings is 1. The highest BCUT2D eigenvalue weighted by molar-refractivity contribution is 5.93. The third-order valence-electron chi connectivity index (χ3n) is 5.83. The minimum Gasteiger partial charge on any atom is -0.497 e. The van der Waals surface area contributed by atoms with Crippen LogP contribution in [0, 0.1) is 0 Å². The lowest BCUT2D eigenvalue weighted by Crippen LogP contribution is -2.39. The zero-order chi connectivity index (χ0) is 23.5. The standard InChI is InChI=1S/C21H25N9O4/c1-32-14-5-6-15-13(11-14)3-2-4-16(15)23-25-21(31)18-17(12-29-7-9-33-10-8-29)30(28-24-18)20-19(22)26-34-27-20/h4-6,11,23H,2-3,7-10,12H2,1H3,(H2,22,26)(H,25,31). The fraction of sp³-hybridized carbons (Fsp3) is 0.381. The van der Waals surface area contributed by atoms with Crippen molar-refractivity contribution in [3.8, 4) is 11.6 Å². The number of nitrogen functional groups attached to an aromatic ring is 1. The van der Waals surface area contributed by atoms with Gasteiger partial charge in [-0.1, -0.05) is 11.3 Å². The number of aryl methyl sites for hydroxylation is 1. The Labute approximate surface area is 194 Å². The van der Waals surface area contributed by atoms with Gasteiger partial charge in [-0.3, -0.25) is 20.5 Å². The van der Waals surface area contributed by atoms with E-state index >= 15 is 0 Å². The van der Waals surface area contributed by atoms with E-state index < -0.39 is 5.91 Å². The third-order valence-corrected chi connectivity index (χ3v) is 5.83. The molecule has 1 saturated heterocycles. The number of allylic oxidation sites excluding steroid dienone is 1. The molecule has 2 aliphatic rings. The zero-order valence-corrected chi connectivity index (χ0v) is 18.7. The van der Waals surface area contributed by atoms with E-state index in [1.165, 1.54) is 4.68 Å². The Morgan fingerprint density at radius 1 is 1.26 bits per heavy atom. The Hall–Kier alpha value is -3.97. The number of fused-ring (bicyclic) bond motifs is 1. The molecule has 2 aromatic heterocycles. The number of nitrogens with one attached hydrogen (secondary N) is 2. The predicted molar refractivity (Wildman–Crippen MR) is 120 cm³/mol. The van der Waals surface area contributed by atoms with Crippen LogP contribution in [0.25, 0.3) is 11.5 Å². The number of hydrogen-bond acceptors (Lipinski definition) is 11. The average molecular weight is 467 g/mol. The molecule has 1 aliphatic heterocycles. The van der Waals surface area contributed by atoms with E-state index in [9.17, 15) is 4.79 Å². The van der Waals surface area contributed by atoms with Gasteiger partial charge in [0.05, 0.1) is 31.7 Å². The van der Waals surface area contributed by atoms with Gasteiger partial charge in [-0.25, -0.2) is 4.63 Å². The number of rotatable bonds is 7. The molecule has 1 aliphatic carbocycles. The lowest BCUT2D eigenvalue weighted by atomic mass is 9.95. The smallest absolute Gasteiger partial charge is 0.292 e. The number of methoxy groups -OCH3 is 1. The minimum atomic E-state index is -0.439. The highest BCUT2D eigenvalue weighted by Gasteiger charge is 2.26. The molecule has 178 valence electrons. The van der Waals surface area contributed by atoms with Gasteiger partial charge in [0.2, 0.25) is 11.6 Å². The molecule has 0 bridgehead atoms. The number of hydrazine groups is 1. The van der Waals surface area contributed by atoms with Gasteiger partial charge in [0, 0.05) is 25.2 Å². The predicted octanol–water partition coefficient (Wildman–Crippen LogP) is 0.295. The van der Waals surface area contributed by atoms with E-state index in [-0.39, 0.29) is 17.3 Å². The van der Waals surface area contributed by atoms with E-state index in [0.29, 0.717) is 38.5 Å². The number of benzene rings is 1. The van der Waals surface area contributed by atoms with Crippen molar-refractivity contribution >= 4 is 17.4 Å². The molecule has 1 fully saturated rings. The van der Waals surface area contributed by atoms with Crippen LogP contribution in [0.2, 0.25) is 0 Å². The van der Waals surface area contributed by atoms with Gasteiger partial charge in [-0.15, -0.1) is 5.10 Å². The van der Waals surface area contributed by atoms with E-state index in [0.717, 1.165) is 35.4 Å². The van der Waals surface area contributed by atoms with Gasteiger partial charge in [-0.05, 0) is 46.9 Å². The van der Waals surface area contributed by atoms with Crippen molar-refractivity contribution in [2.24, 2.45) is 0 Å². The summed E-state index contributed by atoms with van der Waals surface area (Å²) in [6.07, 6.45) is 3.79. The molecular formula is C21H25N9O4. The lowest BCUT2D eigenvalue weighted by molar-refractivity contribution is 0.0332. The highest BCUT2D eigenvalue weighted by Crippen LogP contribution is 2.28. The van der Waals surface area contributed by atoms with E-state index in [2.05, 4.69) is 36.4 Å². The number of anilines is 1. The normalized spacial score (nSPS) is 16.0. The van der Waals surface area contributed by atoms with Crippen LogP contribution in [0.3, 0.4) is 0 Å². The van der Waals surface area contributed by atoms with Crippen LogP contribution in [-0.4, -0.2) is 69.5 Å².